The molecule has 0 aromatic rings. The van der Waals surface area contributed by atoms with E-state index in [1.165, 1.54) is 6.92 Å². The standard InChI is InChI=1S/C49H84O18/c1-21(2)14-24(52)17-49(9,67-44-40(62)37(59)35(57)29(20-51)65-44)25-10-13-47(7)32(25)26(53)16-30-46(6)12-11-31(54)45(4,5)42(46)28(18-48(30,47)8)64-27-15-23(19-50)34(56)38(60)41(27)66-43-39(61)36(58)33(55)22(3)63-43/h17,21-23,25-44,50-62H,10-16,18-20H2,1-9H3. The molecule has 26 atom stereocenters. The summed E-state index contributed by atoms with van der Waals surface area (Å²) in [7, 11) is 0. The number of aliphatic hydroxyl groups is 13. The van der Waals surface area contributed by atoms with Crippen LogP contribution in [0.15, 0.2) is 11.8 Å². The van der Waals surface area contributed by atoms with Gasteiger partial charge >= 0.3 is 0 Å². The van der Waals surface area contributed by atoms with E-state index in [-0.39, 0.29) is 29.9 Å². The molecule has 0 aromatic heterocycles. The minimum Gasteiger partial charge on any atom is -0.513 e. The molecule has 388 valence electrons. The summed E-state index contributed by atoms with van der Waals surface area (Å²) in [5, 5.41) is 144. The van der Waals surface area contributed by atoms with Crippen molar-refractivity contribution in [2.45, 2.75) is 223 Å². The average Bonchev–Trinajstić information content (AvgIpc) is 3.64. The zero-order chi connectivity index (χ0) is 49.7. The average molecular weight is 961 g/mol. The van der Waals surface area contributed by atoms with E-state index in [4.69, 9.17) is 23.7 Å². The van der Waals surface area contributed by atoms with Crippen LogP contribution in [0.1, 0.15) is 114 Å². The summed E-state index contributed by atoms with van der Waals surface area (Å²) in [5.74, 6) is -2.16. The number of aliphatic hydroxyl groups excluding tert-OH is 13. The van der Waals surface area contributed by atoms with E-state index in [0.29, 0.717) is 44.9 Å². The van der Waals surface area contributed by atoms with Crippen molar-refractivity contribution in [1.82, 2.24) is 0 Å². The lowest BCUT2D eigenvalue weighted by Gasteiger charge is -2.72. The molecule has 0 bridgehead atoms. The van der Waals surface area contributed by atoms with E-state index in [2.05, 4.69) is 20.8 Å². The Balaban J connectivity index is 1.28. The third kappa shape index (κ3) is 8.99. The molecule has 7 rings (SSSR count). The van der Waals surface area contributed by atoms with E-state index in [1.54, 1.807) is 13.0 Å². The molecule has 26 unspecified atom stereocenters. The maximum absolute atomic E-state index is 12.8. The first-order valence-corrected chi connectivity index (χ1v) is 24.8. The number of rotatable bonds is 12. The second-order valence-electron chi connectivity index (χ2n) is 23.8. The van der Waals surface area contributed by atoms with Gasteiger partial charge in [0.25, 0.3) is 0 Å². The Morgan fingerprint density at radius 1 is 0.716 bits per heavy atom. The number of hydrogen-bond acceptors (Lipinski definition) is 18. The second kappa shape index (κ2) is 19.4. The molecule has 67 heavy (non-hydrogen) atoms. The van der Waals surface area contributed by atoms with E-state index in [0.717, 1.165) is 0 Å². The molecule has 18 nitrogen and oxygen atoms in total. The lowest BCUT2D eigenvalue weighted by molar-refractivity contribution is -0.340. The predicted molar refractivity (Wildman–Crippen MR) is 238 cm³/mol. The summed E-state index contributed by atoms with van der Waals surface area (Å²) in [6.07, 6.45) is -17.8. The van der Waals surface area contributed by atoms with Crippen LogP contribution in [0.3, 0.4) is 0 Å². The van der Waals surface area contributed by atoms with Crippen LogP contribution in [0.2, 0.25) is 0 Å². The van der Waals surface area contributed by atoms with Crippen LogP contribution in [-0.4, -0.2) is 189 Å². The molecule has 0 aromatic carbocycles. The highest BCUT2D eigenvalue weighted by Gasteiger charge is 2.74. The molecule has 0 spiro atoms. The van der Waals surface area contributed by atoms with Gasteiger partial charge in [0.15, 0.2) is 12.6 Å². The molecule has 7 fully saturated rings. The molecule has 13 N–H and O–H groups in total. The van der Waals surface area contributed by atoms with Gasteiger partial charge in [-0.15, -0.1) is 0 Å². The zero-order valence-corrected chi connectivity index (χ0v) is 40.8. The molecule has 0 radical (unpaired) electrons. The Labute approximate surface area is 394 Å². The maximum Gasteiger partial charge on any atom is 0.187 e. The SMILES string of the molecule is CC(C)CC(O)=CC(C)(OC1OC(CO)C(O)C(O)C1O)C1CCC2(C)C1C(O)CC1C3(C)CCC(O)C(C)(C)C3C(OC3CC(CO)C(O)C(O)C3OC3OC(C)C(O)C(O)C3O)CC12C. The van der Waals surface area contributed by atoms with Crippen LogP contribution in [0.25, 0.3) is 0 Å². The van der Waals surface area contributed by atoms with Gasteiger partial charge in [-0.1, -0.05) is 48.5 Å². The smallest absolute Gasteiger partial charge is 0.187 e. The number of allylic oxidation sites excluding steroid dienone is 1. The van der Waals surface area contributed by atoms with E-state index in [9.17, 15) is 66.4 Å². The van der Waals surface area contributed by atoms with Crippen LogP contribution in [0.5, 0.6) is 0 Å². The summed E-state index contributed by atoms with van der Waals surface area (Å²) in [4.78, 5) is 0. The predicted octanol–water partition coefficient (Wildman–Crippen LogP) is 0.377. The molecule has 7 aliphatic rings. The van der Waals surface area contributed by atoms with Crippen molar-refractivity contribution < 1.29 is 90.1 Å². The lowest BCUT2D eigenvalue weighted by atomic mass is 9.34. The van der Waals surface area contributed by atoms with E-state index in [1.807, 2.05) is 27.7 Å². The molecular formula is C49H84O18. The van der Waals surface area contributed by atoms with Gasteiger partial charge in [-0.05, 0) is 116 Å². The first-order valence-electron chi connectivity index (χ1n) is 24.8. The Bertz CT molecular complexity index is 1730. The fraction of sp³-hybridized carbons (Fsp3) is 0.959. The number of hydrogen-bond donors (Lipinski definition) is 13. The molecule has 5 saturated carbocycles. The van der Waals surface area contributed by atoms with Gasteiger partial charge in [-0.25, -0.2) is 0 Å². The summed E-state index contributed by atoms with van der Waals surface area (Å²) >= 11 is 0. The Hall–Kier alpha value is -1.14. The van der Waals surface area contributed by atoms with Crippen molar-refractivity contribution in [3.63, 3.8) is 0 Å². The van der Waals surface area contributed by atoms with Crippen molar-refractivity contribution in [2.24, 2.45) is 57.2 Å². The van der Waals surface area contributed by atoms with E-state index >= 15 is 0 Å². The molecule has 2 saturated heterocycles. The third-order valence-electron chi connectivity index (χ3n) is 19.0. The van der Waals surface area contributed by atoms with Crippen molar-refractivity contribution in [3.8, 4) is 0 Å². The lowest BCUT2D eigenvalue weighted by Crippen LogP contribution is -2.71. The zero-order valence-electron chi connectivity index (χ0n) is 40.8. The van der Waals surface area contributed by atoms with Gasteiger partial charge in [0.05, 0.1) is 54.6 Å². The van der Waals surface area contributed by atoms with Gasteiger partial charge in [0.2, 0.25) is 0 Å². The first kappa shape index (κ1) is 53.7. The Morgan fingerprint density at radius 2 is 1.36 bits per heavy atom. The van der Waals surface area contributed by atoms with Crippen LogP contribution in [0.4, 0.5) is 0 Å². The fourth-order valence-electron chi connectivity index (χ4n) is 15.4. The number of fused-ring (bicyclic) bond motifs is 5. The van der Waals surface area contributed by atoms with Crippen molar-refractivity contribution in [2.75, 3.05) is 13.2 Å². The quantitative estimate of drug-likeness (QED) is 0.118. The summed E-state index contributed by atoms with van der Waals surface area (Å²) < 4.78 is 32.0. The van der Waals surface area contributed by atoms with E-state index < -0.39 is 162 Å². The minimum atomic E-state index is -1.72. The minimum absolute atomic E-state index is 0.0265. The molecule has 2 heterocycles. The highest BCUT2D eigenvalue weighted by Crippen LogP contribution is 2.76. The van der Waals surface area contributed by atoms with Gasteiger partial charge in [-0.3, -0.25) is 0 Å². The van der Waals surface area contributed by atoms with Crippen molar-refractivity contribution >= 4 is 0 Å². The van der Waals surface area contributed by atoms with Crippen LogP contribution in [0, 0.1) is 57.2 Å². The van der Waals surface area contributed by atoms with Crippen molar-refractivity contribution in [3.05, 3.63) is 11.8 Å². The topological polar surface area (TPSA) is 309 Å². The maximum atomic E-state index is 12.8. The summed E-state index contributed by atoms with van der Waals surface area (Å²) in [5.41, 5.74) is -3.96. The van der Waals surface area contributed by atoms with Crippen LogP contribution < -0.4 is 0 Å². The van der Waals surface area contributed by atoms with Gasteiger partial charge < -0.3 is 90.1 Å². The normalized spacial score (nSPS) is 53.4. The van der Waals surface area contributed by atoms with Crippen LogP contribution in [-0.2, 0) is 23.7 Å². The van der Waals surface area contributed by atoms with Crippen LogP contribution >= 0.6 is 0 Å². The van der Waals surface area contributed by atoms with Gasteiger partial charge in [0, 0.05) is 18.9 Å². The first-order chi connectivity index (χ1) is 31.1. The second-order valence-corrected chi connectivity index (χ2v) is 23.8. The van der Waals surface area contributed by atoms with Gasteiger partial charge in [-0.2, -0.15) is 0 Å². The monoisotopic (exact) mass is 961 g/mol. The Kier molecular flexibility index (Phi) is 15.5. The molecule has 18 heteroatoms. The summed E-state index contributed by atoms with van der Waals surface area (Å²) in [6.45, 7) is 16.7. The number of ether oxygens (including phenoxy) is 5. The fourth-order valence-corrected chi connectivity index (χ4v) is 15.4. The molecular weight excluding hydrogens is 877 g/mol. The summed E-state index contributed by atoms with van der Waals surface area (Å²) in [6, 6.07) is 0. The Morgan fingerprint density at radius 3 is 1.99 bits per heavy atom. The van der Waals surface area contributed by atoms with Crippen molar-refractivity contribution in [1.29, 1.82) is 0 Å². The van der Waals surface area contributed by atoms with Gasteiger partial charge in [0.1, 0.15) is 54.9 Å². The molecule has 2 aliphatic heterocycles. The largest absolute Gasteiger partial charge is 0.513 e. The highest BCUT2D eigenvalue weighted by atomic mass is 16.7. The molecule has 0 amide bonds. The molecule has 5 aliphatic carbocycles. The highest BCUT2D eigenvalue weighted by molar-refractivity contribution is 5.24. The third-order valence-corrected chi connectivity index (χ3v) is 19.0.